The van der Waals surface area contributed by atoms with Gasteiger partial charge in [-0.2, -0.15) is 0 Å². The predicted molar refractivity (Wildman–Crippen MR) is 142 cm³/mol. The van der Waals surface area contributed by atoms with E-state index in [0.717, 1.165) is 45.9 Å². The third kappa shape index (κ3) is 5.57. The first-order valence-corrected chi connectivity index (χ1v) is 13.6. The average molecular weight is 521 g/mol. The van der Waals surface area contributed by atoms with E-state index in [1.54, 1.807) is 0 Å². The Morgan fingerprint density at radius 3 is 2.49 bits per heavy atom. The minimum atomic E-state index is -0.924. The van der Waals surface area contributed by atoms with Gasteiger partial charge in [0, 0.05) is 23.4 Å². The summed E-state index contributed by atoms with van der Waals surface area (Å²) in [6.45, 7) is 3.58. The van der Waals surface area contributed by atoms with Gasteiger partial charge in [0.2, 0.25) is 5.79 Å². The molecular weight excluding hydrogens is 488 g/mol. The van der Waals surface area contributed by atoms with Crippen LogP contribution in [0.5, 0.6) is 5.75 Å². The summed E-state index contributed by atoms with van der Waals surface area (Å²) in [5.41, 5.74) is 4.29. The number of hydrogen-bond donors (Lipinski definition) is 0. The van der Waals surface area contributed by atoms with Gasteiger partial charge in [0.05, 0.1) is 25.4 Å². The number of benzene rings is 3. The van der Waals surface area contributed by atoms with Crippen molar-refractivity contribution in [3.05, 3.63) is 100 Å². The quantitative estimate of drug-likeness (QED) is 0.295. The summed E-state index contributed by atoms with van der Waals surface area (Å²) in [5.74, 6) is -0.837. The molecule has 5 nitrogen and oxygen atoms in total. The maximum atomic E-state index is 6.70. The smallest absolute Gasteiger partial charge is 0.200 e. The summed E-state index contributed by atoms with van der Waals surface area (Å²) >= 11 is 6.66. The third-order valence-electron chi connectivity index (χ3n) is 7.26. The molecule has 1 aliphatic carbocycles. The van der Waals surface area contributed by atoms with Gasteiger partial charge in [0.1, 0.15) is 12.4 Å². The Kier molecular flexibility index (Phi) is 6.99. The molecule has 2 aliphatic heterocycles. The zero-order chi connectivity index (χ0) is 25.3. The lowest BCUT2D eigenvalue weighted by atomic mass is 9.91. The number of halogens is 1. The molecule has 0 aromatic heterocycles. The predicted octanol–water partition coefficient (Wildman–Crippen LogP) is 6.78. The summed E-state index contributed by atoms with van der Waals surface area (Å²) < 4.78 is 31.6. The molecule has 6 heteroatoms. The number of hydrogen-bond acceptors (Lipinski definition) is 5. The highest BCUT2D eigenvalue weighted by atomic mass is 35.5. The molecule has 3 aromatic rings. The van der Waals surface area contributed by atoms with Crippen LogP contribution < -0.4 is 4.74 Å². The van der Waals surface area contributed by atoms with Gasteiger partial charge in [-0.15, -0.1) is 0 Å². The highest BCUT2D eigenvalue weighted by Crippen LogP contribution is 2.52. The van der Waals surface area contributed by atoms with Crippen molar-refractivity contribution in [2.45, 2.75) is 69.4 Å². The molecule has 2 heterocycles. The summed E-state index contributed by atoms with van der Waals surface area (Å²) in [6, 6.07) is 24.5. The van der Waals surface area contributed by atoms with E-state index in [9.17, 15) is 0 Å². The zero-order valence-electron chi connectivity index (χ0n) is 21.2. The number of fused-ring (bicyclic) bond motifs is 2. The van der Waals surface area contributed by atoms with Crippen LogP contribution in [0.25, 0.3) is 0 Å². The van der Waals surface area contributed by atoms with Crippen molar-refractivity contribution in [1.82, 2.24) is 0 Å². The summed E-state index contributed by atoms with van der Waals surface area (Å²) in [6.07, 6.45) is 4.28. The van der Waals surface area contributed by atoms with Crippen LogP contribution in [0, 0.1) is 0 Å². The van der Waals surface area contributed by atoms with Gasteiger partial charge in [0.25, 0.3) is 0 Å². The second-order valence-electron chi connectivity index (χ2n) is 10.3. The van der Waals surface area contributed by atoms with Crippen molar-refractivity contribution in [3.63, 3.8) is 0 Å². The van der Waals surface area contributed by atoms with E-state index in [1.807, 2.05) is 49.4 Å². The number of ether oxygens (including phenoxy) is 5. The second-order valence-corrected chi connectivity index (χ2v) is 10.7. The molecular formula is C31H33ClO5. The lowest BCUT2D eigenvalue weighted by Gasteiger charge is -2.41. The molecule has 6 rings (SSSR count). The Hall–Kier alpha value is -2.41. The van der Waals surface area contributed by atoms with Crippen molar-refractivity contribution in [2.75, 3.05) is 13.2 Å². The lowest BCUT2D eigenvalue weighted by molar-refractivity contribution is -0.320. The Labute approximate surface area is 223 Å². The van der Waals surface area contributed by atoms with Crippen molar-refractivity contribution in [1.29, 1.82) is 0 Å². The van der Waals surface area contributed by atoms with Crippen LogP contribution in [0.15, 0.2) is 72.8 Å². The van der Waals surface area contributed by atoms with E-state index < -0.39 is 11.6 Å². The van der Waals surface area contributed by atoms with E-state index in [-0.39, 0.29) is 12.2 Å². The highest BCUT2D eigenvalue weighted by Gasteiger charge is 2.60. The first kappa shape index (κ1) is 24.9. The van der Waals surface area contributed by atoms with Gasteiger partial charge in [-0.1, -0.05) is 60.1 Å². The minimum Gasteiger partial charge on any atom is -0.494 e. The van der Waals surface area contributed by atoms with Crippen molar-refractivity contribution in [3.8, 4) is 5.75 Å². The van der Waals surface area contributed by atoms with Gasteiger partial charge in [-0.05, 0) is 67.1 Å². The Balaban J connectivity index is 1.25. The fraction of sp³-hybridized carbons (Fsp3) is 0.419. The van der Waals surface area contributed by atoms with Crippen LogP contribution >= 0.6 is 11.6 Å². The monoisotopic (exact) mass is 520 g/mol. The molecule has 3 atom stereocenters. The molecule has 3 fully saturated rings. The Morgan fingerprint density at radius 1 is 0.919 bits per heavy atom. The normalized spacial score (nSPS) is 26.8. The van der Waals surface area contributed by atoms with E-state index >= 15 is 0 Å². The van der Waals surface area contributed by atoms with Gasteiger partial charge in [0.15, 0.2) is 5.79 Å². The summed E-state index contributed by atoms with van der Waals surface area (Å²) in [4.78, 5) is 0. The molecule has 3 aliphatic rings. The van der Waals surface area contributed by atoms with Gasteiger partial charge in [-0.3, -0.25) is 0 Å². The SMILES string of the molecule is CCOc1ccc(Cc2cc([C@]34CC(OCc5ccccc5)C[C@](OC5CC5)(CO3)O4)ccc2Cl)cc1. The van der Waals surface area contributed by atoms with Crippen molar-refractivity contribution in [2.24, 2.45) is 0 Å². The van der Waals surface area contributed by atoms with Crippen LogP contribution in [0.2, 0.25) is 5.02 Å². The molecule has 37 heavy (non-hydrogen) atoms. The Bertz CT molecular complexity index is 1210. The largest absolute Gasteiger partial charge is 0.494 e. The van der Waals surface area contributed by atoms with Crippen molar-refractivity contribution >= 4 is 11.6 Å². The third-order valence-corrected chi connectivity index (χ3v) is 7.63. The molecule has 0 N–H and O–H groups in total. The van der Waals surface area contributed by atoms with Crippen LogP contribution in [0.1, 0.15) is 54.9 Å². The maximum absolute atomic E-state index is 6.70. The summed E-state index contributed by atoms with van der Waals surface area (Å²) in [7, 11) is 0. The molecule has 0 radical (unpaired) electrons. The first-order valence-electron chi connectivity index (χ1n) is 13.2. The highest BCUT2D eigenvalue weighted by molar-refractivity contribution is 6.31. The van der Waals surface area contributed by atoms with Crippen LogP contribution in [-0.2, 0) is 37.8 Å². The lowest BCUT2D eigenvalue weighted by Crippen LogP contribution is -2.48. The minimum absolute atomic E-state index is 0.0551. The molecule has 1 unspecified atom stereocenters. The molecule has 194 valence electrons. The topological polar surface area (TPSA) is 46.2 Å². The zero-order valence-corrected chi connectivity index (χ0v) is 21.9. The number of rotatable bonds is 10. The fourth-order valence-electron chi connectivity index (χ4n) is 5.31. The van der Waals surface area contributed by atoms with Crippen LogP contribution in [0.3, 0.4) is 0 Å². The molecule has 0 spiro atoms. The van der Waals surface area contributed by atoms with Gasteiger partial charge < -0.3 is 23.7 Å². The molecule has 2 saturated heterocycles. The molecule has 2 bridgehead atoms. The van der Waals surface area contributed by atoms with Crippen LogP contribution in [0.4, 0.5) is 0 Å². The van der Waals surface area contributed by atoms with E-state index in [0.29, 0.717) is 39.1 Å². The maximum Gasteiger partial charge on any atom is 0.200 e. The second kappa shape index (κ2) is 10.4. The fourth-order valence-corrected chi connectivity index (χ4v) is 5.49. The summed E-state index contributed by atoms with van der Waals surface area (Å²) in [5, 5.41) is 0.722. The van der Waals surface area contributed by atoms with Gasteiger partial charge >= 0.3 is 0 Å². The Morgan fingerprint density at radius 2 is 1.73 bits per heavy atom. The average Bonchev–Trinajstić information content (AvgIpc) is 3.68. The van der Waals surface area contributed by atoms with E-state index in [2.05, 4.69) is 30.3 Å². The molecule has 3 aromatic carbocycles. The van der Waals surface area contributed by atoms with Crippen molar-refractivity contribution < 1.29 is 23.7 Å². The molecule has 1 saturated carbocycles. The first-order chi connectivity index (χ1) is 18.0. The molecule has 0 amide bonds. The van der Waals surface area contributed by atoms with E-state index in [1.165, 1.54) is 0 Å². The standard InChI is InChI=1S/C31H33ClO5/c1-2-33-26-11-8-22(9-12-26)16-24-17-25(10-15-29(24)32)31-19-28(34-20-23-6-4-3-5-7-23)18-30(37-31,21-35-31)36-27-13-14-27/h3-12,15,17,27-28H,2,13-14,16,18-21H2,1H3/t28?,30-,31-/m1/s1. The van der Waals surface area contributed by atoms with E-state index in [4.69, 9.17) is 35.3 Å². The van der Waals surface area contributed by atoms with Crippen LogP contribution in [-0.4, -0.2) is 31.2 Å². The van der Waals surface area contributed by atoms with Gasteiger partial charge in [-0.25, -0.2) is 0 Å².